The average Bonchev–Trinajstić information content (AvgIpc) is 2.30. The van der Waals surface area contributed by atoms with E-state index in [4.69, 9.17) is 5.73 Å². The summed E-state index contributed by atoms with van der Waals surface area (Å²) < 4.78 is 0. The van der Waals surface area contributed by atoms with E-state index in [0.717, 1.165) is 18.4 Å². The molecular weight excluding hydrogens is 198 g/mol. The number of nitrogen functional groups attached to an aromatic ring is 1. The minimum absolute atomic E-state index is 0.144. The van der Waals surface area contributed by atoms with E-state index in [9.17, 15) is 4.79 Å². The predicted octanol–water partition coefficient (Wildman–Crippen LogP) is 3.42. The van der Waals surface area contributed by atoms with Gasteiger partial charge in [0.05, 0.1) is 0 Å². The molecule has 0 unspecified atom stereocenters. The molecule has 2 N–H and O–H groups in total. The van der Waals surface area contributed by atoms with Gasteiger partial charge in [-0.3, -0.25) is 4.79 Å². The fraction of sp³-hybridized carbons (Fsp3) is 0.500. The molecule has 0 heterocycles. The Bertz CT molecular complexity index is 374. The van der Waals surface area contributed by atoms with Gasteiger partial charge in [0.2, 0.25) is 0 Å². The molecule has 0 radical (unpaired) electrons. The van der Waals surface area contributed by atoms with Crippen LogP contribution in [0, 0.1) is 5.41 Å². The van der Waals surface area contributed by atoms with Crippen LogP contribution >= 0.6 is 0 Å². The zero-order valence-corrected chi connectivity index (χ0v) is 9.83. The molecule has 0 bridgehead atoms. The van der Waals surface area contributed by atoms with Crippen LogP contribution in [0.25, 0.3) is 0 Å². The molecule has 86 valence electrons. The number of Topliss-reactive ketones (excluding diaryl/α,β-unsaturated/α-hetero) is 1. The first kappa shape index (κ1) is 11.2. The lowest BCUT2D eigenvalue weighted by Crippen LogP contribution is -2.30. The summed E-state index contributed by atoms with van der Waals surface area (Å²) in [5.41, 5.74) is 7.00. The Balaban J connectivity index is 2.20. The minimum Gasteiger partial charge on any atom is -0.399 e. The highest BCUT2D eigenvalue weighted by atomic mass is 16.1. The standard InChI is InChI=1S/C14H19NO/c1-14(9-3-2-4-10-14)13(16)11-5-7-12(15)8-6-11/h5-8H,2-4,9-10,15H2,1H3. The SMILES string of the molecule is CC1(C(=O)c2ccc(N)cc2)CCCCC1. The van der Waals surface area contributed by atoms with Crippen molar-refractivity contribution in [3.63, 3.8) is 0 Å². The number of carbonyl (C=O) groups is 1. The van der Waals surface area contributed by atoms with Crippen LogP contribution in [0.15, 0.2) is 24.3 Å². The van der Waals surface area contributed by atoms with Crippen LogP contribution in [-0.2, 0) is 0 Å². The quantitative estimate of drug-likeness (QED) is 0.609. The normalized spacial score (nSPS) is 19.3. The molecule has 0 atom stereocenters. The van der Waals surface area contributed by atoms with Gasteiger partial charge in [-0.1, -0.05) is 26.2 Å². The molecule has 16 heavy (non-hydrogen) atoms. The molecule has 0 aliphatic heterocycles. The van der Waals surface area contributed by atoms with Gasteiger partial charge < -0.3 is 5.73 Å². The first-order chi connectivity index (χ1) is 7.62. The average molecular weight is 217 g/mol. The van der Waals surface area contributed by atoms with E-state index in [1.165, 1.54) is 19.3 Å². The van der Waals surface area contributed by atoms with Crippen molar-refractivity contribution in [3.8, 4) is 0 Å². The van der Waals surface area contributed by atoms with Crippen molar-refractivity contribution < 1.29 is 4.79 Å². The molecule has 0 aromatic heterocycles. The summed E-state index contributed by atoms with van der Waals surface area (Å²) in [5, 5.41) is 0. The zero-order chi connectivity index (χ0) is 11.6. The fourth-order valence-electron chi connectivity index (χ4n) is 2.54. The number of benzene rings is 1. The Labute approximate surface area is 96.8 Å². The first-order valence-electron chi connectivity index (χ1n) is 6.02. The third kappa shape index (κ3) is 2.11. The summed E-state index contributed by atoms with van der Waals surface area (Å²) in [4.78, 5) is 12.4. The van der Waals surface area contributed by atoms with Crippen molar-refractivity contribution in [1.82, 2.24) is 0 Å². The number of hydrogen-bond donors (Lipinski definition) is 1. The van der Waals surface area contributed by atoms with Gasteiger partial charge in [-0.05, 0) is 37.1 Å². The van der Waals surface area contributed by atoms with E-state index in [2.05, 4.69) is 6.92 Å². The maximum atomic E-state index is 12.4. The smallest absolute Gasteiger partial charge is 0.168 e. The van der Waals surface area contributed by atoms with Gasteiger partial charge in [0.15, 0.2) is 5.78 Å². The van der Waals surface area contributed by atoms with Crippen molar-refractivity contribution in [2.45, 2.75) is 39.0 Å². The highest BCUT2D eigenvalue weighted by Gasteiger charge is 2.34. The summed E-state index contributed by atoms with van der Waals surface area (Å²) in [5.74, 6) is 0.284. The van der Waals surface area contributed by atoms with Crippen molar-refractivity contribution in [3.05, 3.63) is 29.8 Å². The molecule has 2 heteroatoms. The lowest BCUT2D eigenvalue weighted by atomic mass is 9.71. The minimum atomic E-state index is -0.144. The number of ketones is 1. The molecule has 1 fully saturated rings. The molecular formula is C14H19NO. The van der Waals surface area contributed by atoms with Crippen LogP contribution in [0.1, 0.15) is 49.4 Å². The van der Waals surface area contributed by atoms with Crippen LogP contribution in [-0.4, -0.2) is 5.78 Å². The Kier molecular flexibility index (Phi) is 2.99. The van der Waals surface area contributed by atoms with Crippen molar-refractivity contribution in [2.75, 3.05) is 5.73 Å². The molecule has 1 aromatic carbocycles. The van der Waals surface area contributed by atoms with Crippen LogP contribution in [0.4, 0.5) is 5.69 Å². The van der Waals surface area contributed by atoms with Gasteiger partial charge >= 0.3 is 0 Å². The predicted molar refractivity (Wildman–Crippen MR) is 66.4 cm³/mol. The van der Waals surface area contributed by atoms with E-state index in [1.807, 2.05) is 12.1 Å². The van der Waals surface area contributed by atoms with E-state index >= 15 is 0 Å². The molecule has 1 aliphatic rings. The number of nitrogens with two attached hydrogens (primary N) is 1. The summed E-state index contributed by atoms with van der Waals surface area (Å²) in [6.07, 6.45) is 5.67. The van der Waals surface area contributed by atoms with Gasteiger partial charge in [0.1, 0.15) is 0 Å². The Morgan fingerprint density at radius 2 is 1.69 bits per heavy atom. The van der Waals surface area contributed by atoms with E-state index in [-0.39, 0.29) is 11.2 Å². The van der Waals surface area contributed by atoms with Crippen molar-refractivity contribution in [2.24, 2.45) is 5.41 Å². The number of rotatable bonds is 2. The van der Waals surface area contributed by atoms with E-state index < -0.39 is 0 Å². The molecule has 2 rings (SSSR count). The molecule has 0 amide bonds. The highest BCUT2D eigenvalue weighted by Crippen LogP contribution is 2.38. The van der Waals surface area contributed by atoms with Gasteiger partial charge in [-0.2, -0.15) is 0 Å². The third-order valence-corrected chi connectivity index (χ3v) is 3.68. The molecule has 2 nitrogen and oxygen atoms in total. The summed E-state index contributed by atoms with van der Waals surface area (Å²) in [6.45, 7) is 2.10. The van der Waals surface area contributed by atoms with Gasteiger partial charge in [-0.15, -0.1) is 0 Å². The largest absolute Gasteiger partial charge is 0.399 e. The van der Waals surface area contributed by atoms with Crippen molar-refractivity contribution in [1.29, 1.82) is 0 Å². The van der Waals surface area contributed by atoms with Gasteiger partial charge in [0, 0.05) is 16.7 Å². The molecule has 1 saturated carbocycles. The topological polar surface area (TPSA) is 43.1 Å². The van der Waals surface area contributed by atoms with Crippen LogP contribution in [0.5, 0.6) is 0 Å². The summed E-state index contributed by atoms with van der Waals surface area (Å²) in [7, 11) is 0. The third-order valence-electron chi connectivity index (χ3n) is 3.68. The van der Waals surface area contributed by atoms with Crippen molar-refractivity contribution >= 4 is 11.5 Å². The maximum Gasteiger partial charge on any atom is 0.168 e. The fourth-order valence-corrected chi connectivity index (χ4v) is 2.54. The van der Waals surface area contributed by atoms with Gasteiger partial charge in [0.25, 0.3) is 0 Å². The lowest BCUT2D eigenvalue weighted by Gasteiger charge is -2.32. The van der Waals surface area contributed by atoms with Crippen LogP contribution in [0.3, 0.4) is 0 Å². The second kappa shape index (κ2) is 4.28. The van der Waals surface area contributed by atoms with Crippen LogP contribution < -0.4 is 5.73 Å². The van der Waals surface area contributed by atoms with E-state index in [0.29, 0.717) is 5.69 Å². The summed E-state index contributed by atoms with van der Waals surface area (Å²) >= 11 is 0. The second-order valence-electron chi connectivity index (χ2n) is 5.07. The molecule has 0 spiro atoms. The maximum absolute atomic E-state index is 12.4. The second-order valence-corrected chi connectivity index (χ2v) is 5.07. The molecule has 0 saturated heterocycles. The zero-order valence-electron chi connectivity index (χ0n) is 9.83. The lowest BCUT2D eigenvalue weighted by molar-refractivity contribution is 0.0749. The van der Waals surface area contributed by atoms with E-state index in [1.54, 1.807) is 12.1 Å². The highest BCUT2D eigenvalue weighted by molar-refractivity contribution is 6.00. The number of carbonyl (C=O) groups excluding carboxylic acids is 1. The summed E-state index contributed by atoms with van der Waals surface area (Å²) in [6, 6.07) is 7.30. The van der Waals surface area contributed by atoms with Gasteiger partial charge in [-0.25, -0.2) is 0 Å². The first-order valence-corrected chi connectivity index (χ1v) is 6.02. The number of hydrogen-bond acceptors (Lipinski definition) is 2. The molecule has 1 aliphatic carbocycles. The Hall–Kier alpha value is -1.31. The number of anilines is 1. The Morgan fingerprint density at radius 1 is 1.12 bits per heavy atom. The van der Waals surface area contributed by atoms with Crippen LogP contribution in [0.2, 0.25) is 0 Å². The molecule has 1 aromatic rings. The monoisotopic (exact) mass is 217 g/mol. The Morgan fingerprint density at radius 3 is 2.25 bits per heavy atom.